The van der Waals surface area contributed by atoms with Gasteiger partial charge in [-0.05, 0) is 44.9 Å². The van der Waals surface area contributed by atoms with E-state index in [-0.39, 0.29) is 18.2 Å². The first-order valence-electron chi connectivity index (χ1n) is 10.7. The Morgan fingerprint density at radius 1 is 1.16 bits per heavy atom. The second kappa shape index (κ2) is 9.24. The fraction of sp³-hybridized carbons (Fsp3) is 0.478. The smallest absolute Gasteiger partial charge is 0.266 e. The molecule has 166 valence electrons. The highest BCUT2D eigenvalue weighted by Crippen LogP contribution is 2.36. The number of aromatic nitrogens is 2. The number of anilines is 1. The molecule has 0 spiro atoms. The fourth-order valence-electron chi connectivity index (χ4n) is 4.35. The van der Waals surface area contributed by atoms with Crippen molar-refractivity contribution in [3.63, 3.8) is 0 Å². The summed E-state index contributed by atoms with van der Waals surface area (Å²) in [5.41, 5.74) is -1.54. The van der Waals surface area contributed by atoms with E-state index >= 15 is 0 Å². The molecule has 1 aromatic heterocycles. The van der Waals surface area contributed by atoms with Crippen LogP contribution >= 0.6 is 0 Å². The largest absolute Gasteiger partial charge is 0.388 e. The van der Waals surface area contributed by atoms with Crippen LogP contribution in [0.2, 0.25) is 0 Å². The van der Waals surface area contributed by atoms with Gasteiger partial charge in [0.15, 0.2) is 0 Å². The van der Waals surface area contributed by atoms with Crippen molar-refractivity contribution in [3.05, 3.63) is 52.0 Å². The maximum absolute atomic E-state index is 14.9. The second-order valence-electron chi connectivity index (χ2n) is 8.33. The van der Waals surface area contributed by atoms with Gasteiger partial charge in [-0.15, -0.1) is 0 Å². The lowest BCUT2D eigenvalue weighted by Crippen LogP contribution is -2.40. The molecule has 3 heterocycles. The Labute approximate surface area is 178 Å². The van der Waals surface area contributed by atoms with Gasteiger partial charge in [0.05, 0.1) is 16.1 Å². The van der Waals surface area contributed by atoms with Gasteiger partial charge in [0.25, 0.3) is 6.43 Å². The number of benzene rings is 1. The maximum atomic E-state index is 14.9. The highest BCUT2D eigenvalue weighted by atomic mass is 19.3. The van der Waals surface area contributed by atoms with Crippen molar-refractivity contribution in [2.45, 2.75) is 69.6 Å². The summed E-state index contributed by atoms with van der Waals surface area (Å²) in [4.78, 5) is 8.64. The van der Waals surface area contributed by atoms with Crippen LogP contribution in [-0.2, 0) is 6.54 Å². The number of halogens is 4. The Bertz CT molecular complexity index is 1030. The van der Waals surface area contributed by atoms with E-state index in [0.29, 0.717) is 36.9 Å². The monoisotopic (exact) mass is 434 g/mol. The zero-order valence-electron chi connectivity index (χ0n) is 17.2. The van der Waals surface area contributed by atoms with Crippen LogP contribution in [-0.4, -0.2) is 21.7 Å². The van der Waals surface area contributed by atoms with E-state index in [2.05, 4.69) is 20.6 Å². The molecule has 0 radical (unpaired) electrons. The average Bonchev–Trinajstić information content (AvgIpc) is 2.75. The molecule has 31 heavy (non-hydrogen) atoms. The van der Waals surface area contributed by atoms with E-state index in [1.165, 1.54) is 18.5 Å². The summed E-state index contributed by atoms with van der Waals surface area (Å²) in [5, 5.41) is 7.87. The van der Waals surface area contributed by atoms with Crippen LogP contribution in [0.25, 0.3) is 12.3 Å². The minimum absolute atomic E-state index is 0.0114. The van der Waals surface area contributed by atoms with Gasteiger partial charge >= 0.3 is 0 Å². The van der Waals surface area contributed by atoms with Gasteiger partial charge in [0.2, 0.25) is 0 Å². The van der Waals surface area contributed by atoms with Gasteiger partial charge in [-0.2, -0.15) is 0 Å². The highest BCUT2D eigenvalue weighted by molar-refractivity contribution is 5.44. The molecule has 2 aliphatic heterocycles. The molecule has 0 amide bonds. The Morgan fingerprint density at radius 2 is 1.97 bits per heavy atom. The summed E-state index contributed by atoms with van der Waals surface area (Å²) in [5.74, 6) is -0.420. The van der Waals surface area contributed by atoms with Gasteiger partial charge in [-0.25, -0.2) is 27.5 Å². The summed E-state index contributed by atoms with van der Waals surface area (Å²) in [6.07, 6.45) is 6.94. The molecule has 2 N–H and O–H groups in total. The van der Waals surface area contributed by atoms with Gasteiger partial charge in [-0.3, -0.25) is 0 Å². The standard InChI is InChI=1S/C23H26F4N4/c24-20-15(4-3-5-17(20)21(25)26)12-29-22-18-13-28-16-7-10-23(27,11-8-16)9-2-1-6-19(18)30-14-31-22/h3-6,13-14,16,21,28H,1-2,7-12H2,(H,29,30,31)/b18-13+,19-6-. The van der Waals surface area contributed by atoms with Gasteiger partial charge in [0.1, 0.15) is 23.6 Å². The summed E-state index contributed by atoms with van der Waals surface area (Å²) in [7, 11) is 0. The molecule has 1 fully saturated rings. The number of hydrogen-bond donors (Lipinski definition) is 2. The molecule has 8 heteroatoms. The third-order valence-electron chi connectivity index (χ3n) is 6.22. The van der Waals surface area contributed by atoms with Crippen molar-refractivity contribution in [2.24, 2.45) is 0 Å². The van der Waals surface area contributed by atoms with Crippen molar-refractivity contribution >= 4 is 18.1 Å². The number of alkyl halides is 3. The number of rotatable bonds is 4. The second-order valence-corrected chi connectivity index (χ2v) is 8.33. The molecule has 1 aromatic carbocycles. The first-order valence-corrected chi connectivity index (χ1v) is 10.7. The number of hydrogen-bond acceptors (Lipinski definition) is 4. The number of nitrogens with one attached hydrogen (secondary N) is 2. The minimum atomic E-state index is -2.87. The lowest BCUT2D eigenvalue weighted by molar-refractivity contribution is 0.0840. The van der Waals surface area contributed by atoms with Crippen molar-refractivity contribution in [2.75, 3.05) is 5.32 Å². The molecule has 2 bridgehead atoms. The van der Waals surface area contributed by atoms with E-state index in [9.17, 15) is 17.6 Å². The van der Waals surface area contributed by atoms with Gasteiger partial charge in [-0.1, -0.05) is 24.3 Å². The summed E-state index contributed by atoms with van der Waals surface area (Å²) >= 11 is 0. The molecule has 1 saturated carbocycles. The zero-order chi connectivity index (χ0) is 21.8. The molecule has 0 atom stereocenters. The number of fused-ring (bicyclic) bond motifs is 6. The molecule has 4 nitrogen and oxygen atoms in total. The SMILES string of the molecule is Fc1c(CNc2ncnc3/c2=C\NC2CCC(F)(CCC/C=3)CC2)cccc1C(F)F. The van der Waals surface area contributed by atoms with E-state index in [1.54, 1.807) is 0 Å². The lowest BCUT2D eigenvalue weighted by Gasteiger charge is -2.34. The molecule has 2 aromatic rings. The van der Waals surface area contributed by atoms with E-state index in [1.807, 2.05) is 12.3 Å². The van der Waals surface area contributed by atoms with Crippen molar-refractivity contribution in [1.29, 1.82) is 0 Å². The summed E-state index contributed by atoms with van der Waals surface area (Å²) in [6.45, 7) is 0.0114. The molecular formula is C23H26F4N4. The van der Waals surface area contributed by atoms with Crippen LogP contribution in [0, 0.1) is 5.82 Å². The van der Waals surface area contributed by atoms with E-state index in [0.717, 1.165) is 30.5 Å². The van der Waals surface area contributed by atoms with Crippen LogP contribution in [0.15, 0.2) is 24.5 Å². The van der Waals surface area contributed by atoms with Crippen LogP contribution in [0.5, 0.6) is 0 Å². The maximum Gasteiger partial charge on any atom is 0.266 e. The van der Waals surface area contributed by atoms with Crippen LogP contribution in [0.1, 0.15) is 62.5 Å². The molecule has 1 aliphatic carbocycles. The average molecular weight is 434 g/mol. The van der Waals surface area contributed by atoms with Crippen molar-refractivity contribution in [1.82, 2.24) is 15.3 Å². The summed E-state index contributed by atoms with van der Waals surface area (Å²) in [6, 6.07) is 4.15. The van der Waals surface area contributed by atoms with Crippen molar-refractivity contribution < 1.29 is 17.6 Å². The fourth-order valence-corrected chi connectivity index (χ4v) is 4.35. The first-order chi connectivity index (χ1) is 15.0. The molecule has 0 unspecified atom stereocenters. The first kappa shape index (κ1) is 21.6. The predicted molar refractivity (Wildman–Crippen MR) is 112 cm³/mol. The van der Waals surface area contributed by atoms with Crippen LogP contribution in [0.3, 0.4) is 0 Å². The lowest BCUT2D eigenvalue weighted by atomic mass is 9.80. The Morgan fingerprint density at radius 3 is 2.74 bits per heavy atom. The number of nitrogens with zero attached hydrogens (tertiary/aromatic N) is 2. The van der Waals surface area contributed by atoms with Gasteiger partial charge < -0.3 is 10.6 Å². The summed E-state index contributed by atoms with van der Waals surface area (Å²) < 4.78 is 55.3. The Kier molecular flexibility index (Phi) is 6.43. The normalized spacial score (nSPS) is 25.8. The highest BCUT2D eigenvalue weighted by Gasteiger charge is 2.34. The van der Waals surface area contributed by atoms with E-state index in [4.69, 9.17) is 0 Å². The van der Waals surface area contributed by atoms with Crippen LogP contribution < -0.4 is 21.2 Å². The van der Waals surface area contributed by atoms with E-state index < -0.39 is 23.5 Å². The minimum Gasteiger partial charge on any atom is -0.388 e. The third kappa shape index (κ3) is 4.99. The van der Waals surface area contributed by atoms with Gasteiger partial charge in [0, 0.05) is 24.4 Å². The molecule has 3 aliphatic rings. The van der Waals surface area contributed by atoms with Crippen molar-refractivity contribution in [3.8, 4) is 0 Å². The Hall–Kier alpha value is -2.64. The quantitative estimate of drug-likeness (QED) is 0.712. The predicted octanol–water partition coefficient (Wildman–Crippen LogP) is 4.11. The van der Waals surface area contributed by atoms with Crippen LogP contribution in [0.4, 0.5) is 23.4 Å². The third-order valence-corrected chi connectivity index (χ3v) is 6.22. The molecular weight excluding hydrogens is 408 g/mol. The zero-order valence-corrected chi connectivity index (χ0v) is 17.2. The Balaban J connectivity index is 1.62. The molecule has 5 rings (SSSR count). The molecule has 0 saturated heterocycles. The topological polar surface area (TPSA) is 49.8 Å².